The highest BCUT2D eigenvalue weighted by Gasteiger charge is 2.26. The number of amides is 1. The first-order valence-electron chi connectivity index (χ1n) is 9.39. The van der Waals surface area contributed by atoms with E-state index in [1.165, 1.54) is 25.7 Å². The molecule has 0 unspecified atom stereocenters. The number of nitrogens with one attached hydrogen (secondary N) is 1. The summed E-state index contributed by atoms with van der Waals surface area (Å²) in [7, 11) is 0. The number of carbonyl (C=O) groups is 1. The molecule has 0 saturated heterocycles. The van der Waals surface area contributed by atoms with E-state index < -0.39 is 6.09 Å². The van der Waals surface area contributed by atoms with Gasteiger partial charge in [-0.2, -0.15) is 0 Å². The molecule has 1 amide bonds. The van der Waals surface area contributed by atoms with Gasteiger partial charge in [-0.15, -0.1) is 0 Å². The van der Waals surface area contributed by atoms with E-state index in [4.69, 9.17) is 4.84 Å². The van der Waals surface area contributed by atoms with Crippen molar-refractivity contribution < 1.29 is 9.63 Å². The summed E-state index contributed by atoms with van der Waals surface area (Å²) in [4.78, 5) is 21.4. The Kier molecular flexibility index (Phi) is 6.36. The molecule has 1 aromatic carbocycles. The molecular formula is C21H25N3O2. The molecule has 0 fully saturated rings. The lowest BCUT2D eigenvalue weighted by atomic mass is 10.1. The molecule has 1 heterocycles. The van der Waals surface area contributed by atoms with Crippen LogP contribution in [-0.2, 0) is 4.84 Å². The molecule has 0 atom stereocenters. The molecule has 1 aliphatic carbocycles. The Morgan fingerprint density at radius 2 is 1.73 bits per heavy atom. The minimum Gasteiger partial charge on any atom is -0.320 e. The Labute approximate surface area is 154 Å². The first kappa shape index (κ1) is 18.1. The number of nitrogens with zero attached hydrogens (tertiary/aromatic N) is 2. The van der Waals surface area contributed by atoms with Crippen molar-refractivity contribution in [2.75, 3.05) is 6.54 Å². The van der Waals surface area contributed by atoms with E-state index in [1.807, 2.05) is 36.4 Å². The SMILES string of the molecule is CCCCCCCCNC(=O)O/N=C1\c2ccccc2-c2ncccc21. The van der Waals surface area contributed by atoms with Gasteiger partial charge in [0.2, 0.25) is 0 Å². The summed E-state index contributed by atoms with van der Waals surface area (Å²) in [6.07, 6.45) is 8.34. The van der Waals surface area contributed by atoms with Crippen molar-refractivity contribution in [2.24, 2.45) is 5.16 Å². The number of hydrogen-bond donors (Lipinski definition) is 1. The molecule has 0 saturated carbocycles. The van der Waals surface area contributed by atoms with Crippen LogP contribution in [0.15, 0.2) is 47.8 Å². The highest BCUT2D eigenvalue weighted by molar-refractivity contribution is 6.23. The van der Waals surface area contributed by atoms with Gasteiger partial charge in [-0.25, -0.2) is 4.79 Å². The second-order valence-corrected chi connectivity index (χ2v) is 6.46. The van der Waals surface area contributed by atoms with Gasteiger partial charge in [0.05, 0.1) is 5.69 Å². The van der Waals surface area contributed by atoms with E-state index in [9.17, 15) is 4.79 Å². The fourth-order valence-electron chi connectivity index (χ4n) is 3.17. The quantitative estimate of drug-likeness (QED) is 0.357. The van der Waals surface area contributed by atoms with Gasteiger partial charge in [-0.05, 0) is 18.6 Å². The third-order valence-electron chi connectivity index (χ3n) is 4.52. The summed E-state index contributed by atoms with van der Waals surface area (Å²) in [5, 5.41) is 6.87. The Morgan fingerprint density at radius 3 is 2.58 bits per heavy atom. The number of fused-ring (bicyclic) bond motifs is 3. The molecule has 1 N–H and O–H groups in total. The largest absolute Gasteiger partial charge is 0.433 e. The summed E-state index contributed by atoms with van der Waals surface area (Å²) in [6, 6.07) is 11.7. The number of benzene rings is 1. The number of unbranched alkanes of at least 4 members (excludes halogenated alkanes) is 5. The fraction of sp³-hybridized carbons (Fsp3) is 0.381. The number of carbonyl (C=O) groups excluding carboxylic acids is 1. The van der Waals surface area contributed by atoms with Crippen LogP contribution in [0.2, 0.25) is 0 Å². The molecule has 0 radical (unpaired) electrons. The second kappa shape index (κ2) is 9.13. The highest BCUT2D eigenvalue weighted by Crippen LogP contribution is 2.34. The summed E-state index contributed by atoms with van der Waals surface area (Å²) in [6.45, 7) is 2.82. The second-order valence-electron chi connectivity index (χ2n) is 6.46. The smallest absolute Gasteiger partial charge is 0.320 e. The first-order valence-corrected chi connectivity index (χ1v) is 9.39. The van der Waals surface area contributed by atoms with Crippen LogP contribution in [0.4, 0.5) is 4.79 Å². The third-order valence-corrected chi connectivity index (χ3v) is 4.52. The van der Waals surface area contributed by atoms with Crippen LogP contribution in [-0.4, -0.2) is 23.3 Å². The molecule has 0 bridgehead atoms. The predicted molar refractivity (Wildman–Crippen MR) is 103 cm³/mol. The van der Waals surface area contributed by atoms with E-state index in [0.717, 1.165) is 35.2 Å². The zero-order chi connectivity index (χ0) is 18.2. The lowest BCUT2D eigenvalue weighted by Crippen LogP contribution is -2.24. The number of oxime groups is 1. The molecule has 1 aromatic heterocycles. The monoisotopic (exact) mass is 351 g/mol. The van der Waals surface area contributed by atoms with Crippen molar-refractivity contribution in [1.29, 1.82) is 0 Å². The maximum Gasteiger partial charge on any atom is 0.433 e. The zero-order valence-corrected chi connectivity index (χ0v) is 15.2. The van der Waals surface area contributed by atoms with Crippen molar-refractivity contribution in [2.45, 2.75) is 45.4 Å². The van der Waals surface area contributed by atoms with Crippen LogP contribution in [0, 0.1) is 0 Å². The standard InChI is InChI=1S/C21H25N3O2/c1-2-3-4-5-6-9-14-23-21(25)26-24-20-17-12-8-7-11-16(17)19-18(20)13-10-15-22-19/h7-8,10-13,15H,2-6,9,14H2,1H3,(H,23,25)/b24-20+. The lowest BCUT2D eigenvalue weighted by molar-refractivity contribution is 0.150. The van der Waals surface area contributed by atoms with Crippen molar-refractivity contribution >= 4 is 11.8 Å². The molecule has 0 spiro atoms. The molecule has 5 heteroatoms. The van der Waals surface area contributed by atoms with Crippen LogP contribution in [0.5, 0.6) is 0 Å². The van der Waals surface area contributed by atoms with Crippen molar-refractivity contribution in [1.82, 2.24) is 10.3 Å². The molecule has 136 valence electrons. The average molecular weight is 351 g/mol. The first-order chi connectivity index (χ1) is 12.8. The Hall–Kier alpha value is -2.69. The number of rotatable bonds is 8. The fourth-order valence-corrected chi connectivity index (χ4v) is 3.17. The maximum atomic E-state index is 11.9. The average Bonchev–Trinajstić information content (AvgIpc) is 3.00. The van der Waals surface area contributed by atoms with Crippen molar-refractivity contribution in [3.05, 3.63) is 53.7 Å². The number of hydrogen-bond acceptors (Lipinski definition) is 4. The molecule has 3 rings (SSSR count). The van der Waals surface area contributed by atoms with Crippen LogP contribution in [0.25, 0.3) is 11.3 Å². The van der Waals surface area contributed by atoms with E-state index in [-0.39, 0.29) is 0 Å². The van der Waals surface area contributed by atoms with Crippen LogP contribution in [0.3, 0.4) is 0 Å². The van der Waals surface area contributed by atoms with Gasteiger partial charge < -0.3 is 5.32 Å². The van der Waals surface area contributed by atoms with E-state index in [2.05, 4.69) is 22.4 Å². The van der Waals surface area contributed by atoms with E-state index in [0.29, 0.717) is 12.3 Å². The maximum absolute atomic E-state index is 11.9. The van der Waals surface area contributed by atoms with E-state index in [1.54, 1.807) is 6.20 Å². The minimum absolute atomic E-state index is 0.513. The van der Waals surface area contributed by atoms with Gasteiger partial charge >= 0.3 is 6.09 Å². The highest BCUT2D eigenvalue weighted by atomic mass is 16.7. The van der Waals surface area contributed by atoms with Crippen molar-refractivity contribution in [3.8, 4) is 11.3 Å². The number of pyridine rings is 1. The molecule has 5 nitrogen and oxygen atoms in total. The summed E-state index contributed by atoms with van der Waals surface area (Å²) in [5.41, 5.74) is 4.36. The predicted octanol–water partition coefficient (Wildman–Crippen LogP) is 4.90. The number of aromatic nitrogens is 1. The van der Waals surface area contributed by atoms with E-state index >= 15 is 0 Å². The molecular weight excluding hydrogens is 326 g/mol. The van der Waals surface area contributed by atoms with Crippen LogP contribution >= 0.6 is 0 Å². The minimum atomic E-state index is -0.513. The molecule has 1 aliphatic rings. The van der Waals surface area contributed by atoms with Gasteiger partial charge in [-0.1, -0.05) is 68.4 Å². The summed E-state index contributed by atoms with van der Waals surface area (Å²) >= 11 is 0. The van der Waals surface area contributed by atoms with Gasteiger partial charge in [-0.3, -0.25) is 9.82 Å². The van der Waals surface area contributed by atoms with Gasteiger partial charge in [0, 0.05) is 29.4 Å². The molecule has 2 aromatic rings. The van der Waals surface area contributed by atoms with Crippen LogP contribution in [0.1, 0.15) is 56.6 Å². The topological polar surface area (TPSA) is 63.6 Å². The normalized spacial score (nSPS) is 13.3. The van der Waals surface area contributed by atoms with Gasteiger partial charge in [0.1, 0.15) is 5.71 Å². The molecule has 26 heavy (non-hydrogen) atoms. The Bertz CT molecular complexity index is 739. The molecule has 0 aliphatic heterocycles. The summed E-state index contributed by atoms with van der Waals surface area (Å²) < 4.78 is 0. The Morgan fingerprint density at radius 1 is 1.00 bits per heavy atom. The third kappa shape index (κ3) is 4.28. The lowest BCUT2D eigenvalue weighted by Gasteiger charge is -2.04. The van der Waals surface area contributed by atoms with Crippen molar-refractivity contribution in [3.63, 3.8) is 0 Å². The zero-order valence-electron chi connectivity index (χ0n) is 15.2. The van der Waals surface area contributed by atoms with Gasteiger partial charge in [0.25, 0.3) is 0 Å². The van der Waals surface area contributed by atoms with Gasteiger partial charge in [0.15, 0.2) is 0 Å². The Balaban J connectivity index is 1.55. The summed E-state index contributed by atoms with van der Waals surface area (Å²) in [5.74, 6) is 0. The van der Waals surface area contributed by atoms with Crippen LogP contribution < -0.4 is 5.32 Å².